The molecule has 1 heteroatoms. The van der Waals surface area contributed by atoms with Gasteiger partial charge in [-0.2, -0.15) is 0 Å². The molecule has 2 unspecified atom stereocenters. The second-order valence-electron chi connectivity index (χ2n) is 7.16. The lowest BCUT2D eigenvalue weighted by Crippen LogP contribution is -2.23. The van der Waals surface area contributed by atoms with Gasteiger partial charge in [0.25, 0.3) is 0 Å². The third-order valence-corrected chi connectivity index (χ3v) is 4.43. The Hall–Kier alpha value is -0.0400. The summed E-state index contributed by atoms with van der Waals surface area (Å²) < 4.78 is 0. The van der Waals surface area contributed by atoms with Crippen LogP contribution in [0.15, 0.2) is 0 Å². The molecule has 0 aromatic heterocycles. The topological polar surface area (TPSA) is 12.0 Å². The molecule has 0 bridgehead atoms. The molecule has 2 rings (SSSR count). The van der Waals surface area contributed by atoms with E-state index in [-0.39, 0.29) is 0 Å². The van der Waals surface area contributed by atoms with Crippen LogP contribution in [-0.2, 0) is 0 Å². The van der Waals surface area contributed by atoms with Gasteiger partial charge in [0.15, 0.2) is 0 Å². The number of hydrogen-bond donors (Lipinski definition) is 1. The molecule has 2 saturated carbocycles. The lowest BCUT2D eigenvalue weighted by atomic mass is 9.89. The first-order valence-corrected chi connectivity index (χ1v) is 6.64. The van der Waals surface area contributed by atoms with Gasteiger partial charge in [0.2, 0.25) is 0 Å². The Labute approximate surface area is 95.0 Å². The minimum Gasteiger partial charge on any atom is -0.316 e. The van der Waals surface area contributed by atoms with Crippen LogP contribution in [0.4, 0.5) is 0 Å². The van der Waals surface area contributed by atoms with Gasteiger partial charge in [0.05, 0.1) is 0 Å². The first kappa shape index (κ1) is 11.4. The van der Waals surface area contributed by atoms with E-state index in [1.165, 1.54) is 38.8 Å². The Morgan fingerprint density at radius 2 is 2.00 bits per heavy atom. The van der Waals surface area contributed by atoms with Crippen LogP contribution in [0, 0.1) is 22.7 Å². The number of rotatable bonds is 4. The summed E-state index contributed by atoms with van der Waals surface area (Å²) in [5, 5.41) is 3.63. The molecule has 0 radical (unpaired) electrons. The van der Waals surface area contributed by atoms with Gasteiger partial charge < -0.3 is 5.32 Å². The highest BCUT2D eigenvalue weighted by molar-refractivity contribution is 5.09. The normalized spacial score (nSPS) is 37.8. The second kappa shape index (κ2) is 3.76. The van der Waals surface area contributed by atoms with Crippen molar-refractivity contribution in [2.24, 2.45) is 22.7 Å². The maximum Gasteiger partial charge on any atom is -0.00149 e. The molecule has 1 N–H and O–H groups in total. The highest BCUT2D eigenvalue weighted by Crippen LogP contribution is 2.66. The quantitative estimate of drug-likeness (QED) is 0.748. The molecule has 0 aliphatic heterocycles. The molecular weight excluding hydrogens is 182 g/mol. The minimum atomic E-state index is 0.632. The van der Waals surface area contributed by atoms with Crippen molar-refractivity contribution in [3.63, 3.8) is 0 Å². The van der Waals surface area contributed by atoms with Crippen LogP contribution in [0.1, 0.15) is 53.4 Å². The van der Waals surface area contributed by atoms with E-state index in [4.69, 9.17) is 0 Å². The van der Waals surface area contributed by atoms with E-state index in [1.54, 1.807) is 0 Å². The van der Waals surface area contributed by atoms with E-state index >= 15 is 0 Å². The van der Waals surface area contributed by atoms with E-state index in [0.29, 0.717) is 5.41 Å². The van der Waals surface area contributed by atoms with Crippen LogP contribution in [0.5, 0.6) is 0 Å². The summed E-state index contributed by atoms with van der Waals surface area (Å²) >= 11 is 0. The third kappa shape index (κ3) is 2.55. The molecule has 15 heavy (non-hydrogen) atoms. The molecule has 0 saturated heterocycles. The molecule has 0 amide bonds. The Morgan fingerprint density at radius 3 is 2.53 bits per heavy atom. The lowest BCUT2D eigenvalue weighted by molar-refractivity contribution is 0.339. The van der Waals surface area contributed by atoms with E-state index in [1.807, 2.05) is 0 Å². The second-order valence-corrected chi connectivity index (χ2v) is 7.16. The van der Waals surface area contributed by atoms with Crippen molar-refractivity contribution in [2.75, 3.05) is 13.1 Å². The Morgan fingerprint density at radius 1 is 1.27 bits per heavy atom. The van der Waals surface area contributed by atoms with Crippen molar-refractivity contribution < 1.29 is 0 Å². The van der Waals surface area contributed by atoms with Crippen molar-refractivity contribution in [1.29, 1.82) is 0 Å². The molecule has 2 fully saturated rings. The summed E-state index contributed by atoms with van der Waals surface area (Å²) in [5.41, 5.74) is 1.40. The average molecular weight is 209 g/mol. The van der Waals surface area contributed by atoms with Gasteiger partial charge in [-0.15, -0.1) is 0 Å². The molecule has 2 atom stereocenters. The summed E-state index contributed by atoms with van der Waals surface area (Å²) in [4.78, 5) is 0. The SMILES string of the molecule is CC(C)CNCC1CC12CCC(C)(C)C2. The standard InChI is InChI=1S/C14H27N/c1-11(2)8-15-9-12-7-14(12)6-5-13(3,4)10-14/h11-12,15H,5-10H2,1-4H3. The zero-order chi connectivity index (χ0) is 11.1. The van der Waals surface area contributed by atoms with Crippen LogP contribution in [-0.4, -0.2) is 13.1 Å². The van der Waals surface area contributed by atoms with Crippen LogP contribution in [0.3, 0.4) is 0 Å². The van der Waals surface area contributed by atoms with Gasteiger partial charge in [0.1, 0.15) is 0 Å². The summed E-state index contributed by atoms with van der Waals surface area (Å²) in [6, 6.07) is 0. The zero-order valence-corrected chi connectivity index (χ0v) is 10.9. The fourth-order valence-electron chi connectivity index (χ4n) is 3.51. The van der Waals surface area contributed by atoms with Crippen molar-refractivity contribution in [3.8, 4) is 0 Å². The predicted octanol–water partition coefficient (Wildman–Crippen LogP) is 3.45. The maximum absolute atomic E-state index is 3.63. The van der Waals surface area contributed by atoms with Crippen LogP contribution in [0.2, 0.25) is 0 Å². The van der Waals surface area contributed by atoms with E-state index in [0.717, 1.165) is 17.3 Å². The molecule has 2 aliphatic carbocycles. The maximum atomic E-state index is 3.63. The van der Waals surface area contributed by atoms with Crippen molar-refractivity contribution in [1.82, 2.24) is 5.32 Å². The predicted molar refractivity (Wildman–Crippen MR) is 65.9 cm³/mol. The van der Waals surface area contributed by atoms with Gasteiger partial charge in [0, 0.05) is 0 Å². The number of nitrogens with one attached hydrogen (secondary N) is 1. The van der Waals surface area contributed by atoms with Gasteiger partial charge in [-0.25, -0.2) is 0 Å². The first-order valence-electron chi connectivity index (χ1n) is 6.64. The third-order valence-electron chi connectivity index (χ3n) is 4.43. The van der Waals surface area contributed by atoms with Gasteiger partial charge in [-0.3, -0.25) is 0 Å². The van der Waals surface area contributed by atoms with Gasteiger partial charge >= 0.3 is 0 Å². The first-order chi connectivity index (χ1) is 6.94. The largest absolute Gasteiger partial charge is 0.316 e. The van der Waals surface area contributed by atoms with Crippen LogP contribution >= 0.6 is 0 Å². The lowest BCUT2D eigenvalue weighted by Gasteiger charge is -2.17. The molecule has 1 nitrogen and oxygen atoms in total. The summed E-state index contributed by atoms with van der Waals surface area (Å²) in [5.74, 6) is 1.79. The highest BCUT2D eigenvalue weighted by atomic mass is 14.9. The van der Waals surface area contributed by atoms with Crippen LogP contribution < -0.4 is 5.32 Å². The van der Waals surface area contributed by atoms with Gasteiger partial charge in [-0.1, -0.05) is 27.7 Å². The molecular formula is C14H27N. The molecule has 0 aromatic rings. The smallest absolute Gasteiger partial charge is 0.00149 e. The van der Waals surface area contributed by atoms with Crippen molar-refractivity contribution in [3.05, 3.63) is 0 Å². The Balaban J connectivity index is 1.72. The van der Waals surface area contributed by atoms with E-state index in [9.17, 15) is 0 Å². The fourth-order valence-corrected chi connectivity index (χ4v) is 3.51. The van der Waals surface area contributed by atoms with Crippen molar-refractivity contribution >= 4 is 0 Å². The monoisotopic (exact) mass is 209 g/mol. The summed E-state index contributed by atoms with van der Waals surface area (Å²) in [7, 11) is 0. The zero-order valence-electron chi connectivity index (χ0n) is 10.9. The molecule has 88 valence electrons. The van der Waals surface area contributed by atoms with E-state index in [2.05, 4.69) is 33.0 Å². The van der Waals surface area contributed by atoms with Crippen LogP contribution in [0.25, 0.3) is 0 Å². The van der Waals surface area contributed by atoms with E-state index < -0.39 is 0 Å². The Kier molecular flexibility index (Phi) is 2.87. The molecule has 0 aromatic carbocycles. The number of hydrogen-bond acceptors (Lipinski definition) is 1. The van der Waals surface area contributed by atoms with Gasteiger partial charge in [-0.05, 0) is 61.4 Å². The van der Waals surface area contributed by atoms with Crippen molar-refractivity contribution in [2.45, 2.75) is 53.4 Å². The molecule has 1 spiro atoms. The highest BCUT2D eigenvalue weighted by Gasteiger charge is 2.58. The summed E-state index contributed by atoms with van der Waals surface area (Å²) in [6.45, 7) is 11.9. The molecule has 0 heterocycles. The fraction of sp³-hybridized carbons (Fsp3) is 1.00. The average Bonchev–Trinajstić information content (AvgIpc) is 2.64. The Bertz CT molecular complexity index is 231. The minimum absolute atomic E-state index is 0.632. The summed E-state index contributed by atoms with van der Waals surface area (Å²) in [6.07, 6.45) is 5.93. The molecule has 2 aliphatic rings.